The fraction of sp³-hybridized carbons (Fsp3) is 0.250. The van der Waals surface area contributed by atoms with Gasteiger partial charge in [-0.15, -0.1) is 0 Å². The zero-order valence-corrected chi connectivity index (χ0v) is 9.01. The maximum atomic E-state index is 5.78. The van der Waals surface area contributed by atoms with E-state index in [1.807, 2.05) is 55.1 Å². The zero-order chi connectivity index (χ0) is 10.8. The number of benzene rings is 1. The van der Waals surface area contributed by atoms with Crippen LogP contribution in [0.3, 0.4) is 0 Å². The zero-order valence-electron chi connectivity index (χ0n) is 9.01. The molecular weight excluding hydrogens is 186 g/mol. The Hall–Kier alpha value is -1.61. The third-order valence-electron chi connectivity index (χ3n) is 2.41. The van der Waals surface area contributed by atoms with Crippen LogP contribution in [0, 0.1) is 6.92 Å². The SMILES string of the molecule is Cc1ccn(-c2ccc(C(C)N)cc2)n1. The molecule has 1 aromatic carbocycles. The monoisotopic (exact) mass is 201 g/mol. The van der Waals surface area contributed by atoms with Crippen molar-refractivity contribution in [3.8, 4) is 5.69 Å². The van der Waals surface area contributed by atoms with E-state index in [0.717, 1.165) is 16.9 Å². The van der Waals surface area contributed by atoms with Crippen LogP contribution in [0.25, 0.3) is 5.69 Å². The highest BCUT2D eigenvalue weighted by molar-refractivity contribution is 5.35. The number of nitrogens with two attached hydrogens (primary N) is 1. The molecule has 0 aliphatic carbocycles. The smallest absolute Gasteiger partial charge is 0.0645 e. The first-order valence-corrected chi connectivity index (χ1v) is 5.05. The second-order valence-corrected chi connectivity index (χ2v) is 3.78. The van der Waals surface area contributed by atoms with Crippen molar-refractivity contribution in [2.45, 2.75) is 19.9 Å². The third kappa shape index (κ3) is 2.07. The second-order valence-electron chi connectivity index (χ2n) is 3.78. The van der Waals surface area contributed by atoms with Crippen molar-refractivity contribution in [1.29, 1.82) is 0 Å². The van der Waals surface area contributed by atoms with E-state index in [0.29, 0.717) is 0 Å². The molecule has 0 aliphatic heterocycles. The minimum Gasteiger partial charge on any atom is -0.324 e. The molecule has 15 heavy (non-hydrogen) atoms. The van der Waals surface area contributed by atoms with Gasteiger partial charge in [0.15, 0.2) is 0 Å². The summed E-state index contributed by atoms with van der Waals surface area (Å²) >= 11 is 0. The Balaban J connectivity index is 2.31. The molecule has 1 unspecified atom stereocenters. The first kappa shape index (κ1) is 9.93. The maximum Gasteiger partial charge on any atom is 0.0645 e. The van der Waals surface area contributed by atoms with Crippen LogP contribution in [-0.2, 0) is 0 Å². The van der Waals surface area contributed by atoms with Crippen molar-refractivity contribution in [1.82, 2.24) is 9.78 Å². The van der Waals surface area contributed by atoms with Gasteiger partial charge in [-0.05, 0) is 37.6 Å². The predicted octanol–water partition coefficient (Wildman–Crippen LogP) is 2.20. The predicted molar refractivity (Wildman–Crippen MR) is 60.9 cm³/mol. The molecule has 0 saturated carbocycles. The Bertz CT molecular complexity index is 440. The summed E-state index contributed by atoms with van der Waals surface area (Å²) in [6.07, 6.45) is 1.95. The summed E-state index contributed by atoms with van der Waals surface area (Å²) in [5.74, 6) is 0. The molecule has 0 saturated heterocycles. The van der Waals surface area contributed by atoms with Crippen LogP contribution in [-0.4, -0.2) is 9.78 Å². The largest absolute Gasteiger partial charge is 0.324 e. The second kappa shape index (κ2) is 3.87. The lowest BCUT2D eigenvalue weighted by molar-refractivity contribution is 0.813. The molecule has 1 aromatic heterocycles. The number of hydrogen-bond donors (Lipinski definition) is 1. The van der Waals surface area contributed by atoms with Gasteiger partial charge in [-0.3, -0.25) is 0 Å². The van der Waals surface area contributed by atoms with Gasteiger partial charge in [-0.25, -0.2) is 4.68 Å². The van der Waals surface area contributed by atoms with Crippen LogP contribution in [0.5, 0.6) is 0 Å². The van der Waals surface area contributed by atoms with Gasteiger partial charge in [0.2, 0.25) is 0 Å². The van der Waals surface area contributed by atoms with Crippen molar-refractivity contribution in [3.05, 3.63) is 47.8 Å². The first-order valence-electron chi connectivity index (χ1n) is 5.05. The van der Waals surface area contributed by atoms with Crippen LogP contribution in [0.2, 0.25) is 0 Å². The minimum atomic E-state index is 0.0819. The Morgan fingerprint density at radius 1 is 1.20 bits per heavy atom. The molecule has 3 nitrogen and oxygen atoms in total. The average Bonchev–Trinajstić information content (AvgIpc) is 2.65. The third-order valence-corrected chi connectivity index (χ3v) is 2.41. The summed E-state index contributed by atoms with van der Waals surface area (Å²) in [5, 5.41) is 4.34. The van der Waals surface area contributed by atoms with Crippen molar-refractivity contribution in [3.63, 3.8) is 0 Å². The molecule has 78 valence electrons. The standard InChI is InChI=1S/C12H15N3/c1-9-7-8-15(14-9)12-5-3-11(4-6-12)10(2)13/h3-8,10H,13H2,1-2H3. The molecule has 2 rings (SSSR count). The lowest BCUT2D eigenvalue weighted by Gasteiger charge is -2.06. The molecular formula is C12H15N3. The molecule has 1 heterocycles. The van der Waals surface area contributed by atoms with E-state index >= 15 is 0 Å². The fourth-order valence-electron chi connectivity index (χ4n) is 1.49. The van der Waals surface area contributed by atoms with Crippen LogP contribution in [0.4, 0.5) is 0 Å². The highest BCUT2D eigenvalue weighted by Gasteiger charge is 2.01. The van der Waals surface area contributed by atoms with E-state index in [4.69, 9.17) is 5.73 Å². The molecule has 1 atom stereocenters. The number of rotatable bonds is 2. The molecule has 3 heteroatoms. The summed E-state index contributed by atoms with van der Waals surface area (Å²) in [6, 6.07) is 10.2. The Morgan fingerprint density at radius 2 is 1.87 bits per heavy atom. The van der Waals surface area contributed by atoms with Crippen molar-refractivity contribution < 1.29 is 0 Å². The van der Waals surface area contributed by atoms with E-state index in [1.54, 1.807) is 0 Å². The van der Waals surface area contributed by atoms with Crippen LogP contribution in [0.15, 0.2) is 36.5 Å². The Labute approximate surface area is 89.5 Å². The minimum absolute atomic E-state index is 0.0819. The van der Waals surface area contributed by atoms with Gasteiger partial charge in [0.25, 0.3) is 0 Å². The van der Waals surface area contributed by atoms with Crippen molar-refractivity contribution >= 4 is 0 Å². The highest BCUT2D eigenvalue weighted by atomic mass is 15.3. The van der Waals surface area contributed by atoms with E-state index in [1.165, 1.54) is 0 Å². The van der Waals surface area contributed by atoms with Crippen LogP contribution < -0.4 is 5.73 Å². The van der Waals surface area contributed by atoms with Gasteiger partial charge in [-0.1, -0.05) is 12.1 Å². The van der Waals surface area contributed by atoms with Gasteiger partial charge in [0, 0.05) is 12.2 Å². The van der Waals surface area contributed by atoms with E-state index < -0.39 is 0 Å². The van der Waals surface area contributed by atoms with E-state index in [9.17, 15) is 0 Å². The summed E-state index contributed by atoms with van der Waals surface area (Å²) in [4.78, 5) is 0. The number of hydrogen-bond acceptors (Lipinski definition) is 2. The molecule has 0 amide bonds. The van der Waals surface area contributed by atoms with Gasteiger partial charge >= 0.3 is 0 Å². The highest BCUT2D eigenvalue weighted by Crippen LogP contribution is 2.13. The lowest BCUT2D eigenvalue weighted by Crippen LogP contribution is -2.05. The quantitative estimate of drug-likeness (QED) is 0.809. The molecule has 0 fully saturated rings. The summed E-state index contributed by atoms with van der Waals surface area (Å²) in [7, 11) is 0. The topological polar surface area (TPSA) is 43.8 Å². The van der Waals surface area contributed by atoms with Crippen LogP contribution >= 0.6 is 0 Å². The lowest BCUT2D eigenvalue weighted by atomic mass is 10.1. The van der Waals surface area contributed by atoms with Crippen molar-refractivity contribution in [2.24, 2.45) is 5.73 Å². The first-order chi connectivity index (χ1) is 7.16. The average molecular weight is 201 g/mol. The molecule has 0 aliphatic rings. The summed E-state index contributed by atoms with van der Waals surface area (Å²) in [5.41, 5.74) is 9.01. The maximum absolute atomic E-state index is 5.78. The normalized spacial score (nSPS) is 12.7. The fourth-order valence-corrected chi connectivity index (χ4v) is 1.49. The molecule has 0 bridgehead atoms. The molecule has 2 N–H and O–H groups in total. The van der Waals surface area contributed by atoms with E-state index in [-0.39, 0.29) is 6.04 Å². The van der Waals surface area contributed by atoms with Gasteiger partial charge in [-0.2, -0.15) is 5.10 Å². The van der Waals surface area contributed by atoms with Crippen LogP contribution in [0.1, 0.15) is 24.2 Å². The molecule has 0 radical (unpaired) electrons. The van der Waals surface area contributed by atoms with Gasteiger partial charge in [0.05, 0.1) is 11.4 Å². The Kier molecular flexibility index (Phi) is 2.56. The van der Waals surface area contributed by atoms with Gasteiger partial charge in [0.1, 0.15) is 0 Å². The van der Waals surface area contributed by atoms with Gasteiger partial charge < -0.3 is 5.73 Å². The Morgan fingerprint density at radius 3 is 2.33 bits per heavy atom. The number of aromatic nitrogens is 2. The van der Waals surface area contributed by atoms with E-state index in [2.05, 4.69) is 5.10 Å². The number of nitrogens with zero attached hydrogens (tertiary/aromatic N) is 2. The molecule has 0 spiro atoms. The number of aryl methyl sites for hydroxylation is 1. The van der Waals surface area contributed by atoms with Crippen molar-refractivity contribution in [2.75, 3.05) is 0 Å². The summed E-state index contributed by atoms with van der Waals surface area (Å²) < 4.78 is 1.86. The summed E-state index contributed by atoms with van der Waals surface area (Å²) in [6.45, 7) is 3.96. The molecule has 2 aromatic rings.